The van der Waals surface area contributed by atoms with Crippen LogP contribution in [0, 0.1) is 0 Å². The van der Waals surface area contributed by atoms with Gasteiger partial charge in [0.15, 0.2) is 0 Å². The minimum absolute atomic E-state index is 0.270. The van der Waals surface area contributed by atoms with E-state index in [4.69, 9.17) is 4.74 Å². The van der Waals surface area contributed by atoms with Gasteiger partial charge in [-0.1, -0.05) is 12.1 Å². The van der Waals surface area contributed by atoms with Crippen LogP contribution >= 0.6 is 11.3 Å². The molecule has 0 spiro atoms. The molecule has 3 rings (SSSR count). The predicted octanol–water partition coefficient (Wildman–Crippen LogP) is 2.79. The van der Waals surface area contributed by atoms with Crippen LogP contribution in [0.1, 0.15) is 10.5 Å². The summed E-state index contributed by atoms with van der Waals surface area (Å²) in [6, 6.07) is 7.57. The second-order valence-corrected chi connectivity index (χ2v) is 5.04. The molecule has 0 radical (unpaired) electrons. The first-order chi connectivity index (χ1) is 10.3. The van der Waals surface area contributed by atoms with E-state index in [1.165, 1.54) is 17.5 Å². The van der Waals surface area contributed by atoms with E-state index in [0.717, 1.165) is 16.3 Å². The number of benzene rings is 1. The first kappa shape index (κ1) is 13.3. The Labute approximate surface area is 124 Å². The van der Waals surface area contributed by atoms with Crippen LogP contribution < -0.4 is 10.1 Å². The number of thiazole rings is 1. The molecule has 0 bridgehead atoms. The van der Waals surface area contributed by atoms with E-state index in [9.17, 15) is 4.79 Å². The molecule has 3 aromatic rings. The van der Waals surface area contributed by atoms with Crippen LogP contribution in [0.5, 0.6) is 5.75 Å². The molecule has 0 unspecified atom stereocenters. The molecular weight excluding hydrogens is 288 g/mol. The third-order valence-corrected chi connectivity index (χ3v) is 3.71. The van der Waals surface area contributed by atoms with Gasteiger partial charge in [-0.25, -0.2) is 4.98 Å². The molecule has 2 aromatic heterocycles. The standard InChI is InChI=1S/C14H12N4O2S/c1-20-12-5-3-2-4-10(12)14-18-11(8-21-14)13(19)17-9-6-15-16-7-9/h2-8H,1H3,(H,15,16)(H,17,19). The summed E-state index contributed by atoms with van der Waals surface area (Å²) in [7, 11) is 1.61. The number of amides is 1. The van der Waals surface area contributed by atoms with E-state index < -0.39 is 0 Å². The minimum atomic E-state index is -0.270. The van der Waals surface area contributed by atoms with Crippen LogP contribution in [-0.4, -0.2) is 28.2 Å². The number of aromatic nitrogens is 3. The van der Waals surface area contributed by atoms with Gasteiger partial charge in [-0.3, -0.25) is 9.89 Å². The predicted molar refractivity (Wildman–Crippen MR) is 80.6 cm³/mol. The summed E-state index contributed by atoms with van der Waals surface area (Å²) in [6.45, 7) is 0. The van der Waals surface area contributed by atoms with Crippen molar-refractivity contribution >= 4 is 22.9 Å². The van der Waals surface area contributed by atoms with Gasteiger partial charge in [-0.15, -0.1) is 11.3 Å². The monoisotopic (exact) mass is 300 g/mol. The van der Waals surface area contributed by atoms with Gasteiger partial charge < -0.3 is 10.1 Å². The Morgan fingerprint density at radius 3 is 3.00 bits per heavy atom. The normalized spacial score (nSPS) is 10.3. The van der Waals surface area contributed by atoms with Crippen LogP contribution in [0.15, 0.2) is 42.0 Å². The fourth-order valence-corrected chi connectivity index (χ4v) is 2.67. The highest BCUT2D eigenvalue weighted by molar-refractivity contribution is 7.13. The van der Waals surface area contributed by atoms with Crippen molar-refractivity contribution in [3.05, 3.63) is 47.7 Å². The summed E-state index contributed by atoms with van der Waals surface area (Å²) >= 11 is 1.40. The Bertz CT molecular complexity index is 752. The van der Waals surface area contributed by atoms with E-state index in [1.54, 1.807) is 18.7 Å². The lowest BCUT2D eigenvalue weighted by Crippen LogP contribution is -2.11. The molecule has 0 aliphatic carbocycles. The lowest BCUT2D eigenvalue weighted by Gasteiger charge is -2.04. The molecule has 21 heavy (non-hydrogen) atoms. The van der Waals surface area contributed by atoms with E-state index >= 15 is 0 Å². The Morgan fingerprint density at radius 1 is 1.38 bits per heavy atom. The van der Waals surface area contributed by atoms with Gasteiger partial charge in [-0.05, 0) is 12.1 Å². The SMILES string of the molecule is COc1ccccc1-c1nc(C(=O)Nc2cn[nH]c2)cs1. The zero-order valence-electron chi connectivity index (χ0n) is 11.2. The number of para-hydroxylation sites is 1. The topological polar surface area (TPSA) is 79.9 Å². The first-order valence-electron chi connectivity index (χ1n) is 6.17. The Balaban J connectivity index is 1.84. The molecule has 6 nitrogen and oxygen atoms in total. The summed E-state index contributed by atoms with van der Waals surface area (Å²) in [5.41, 5.74) is 1.83. The number of ether oxygens (including phenoxy) is 1. The maximum absolute atomic E-state index is 12.1. The number of nitrogens with one attached hydrogen (secondary N) is 2. The highest BCUT2D eigenvalue weighted by Gasteiger charge is 2.14. The number of carbonyl (C=O) groups is 1. The maximum atomic E-state index is 12.1. The zero-order valence-corrected chi connectivity index (χ0v) is 12.0. The van der Waals surface area contributed by atoms with Gasteiger partial charge in [0.25, 0.3) is 5.91 Å². The number of carbonyl (C=O) groups excluding carboxylic acids is 1. The van der Waals surface area contributed by atoms with Crippen molar-refractivity contribution in [3.63, 3.8) is 0 Å². The lowest BCUT2D eigenvalue weighted by atomic mass is 10.2. The molecule has 1 aromatic carbocycles. The summed E-state index contributed by atoms with van der Waals surface area (Å²) in [5, 5.41) is 11.6. The van der Waals surface area contributed by atoms with E-state index in [-0.39, 0.29) is 5.91 Å². The van der Waals surface area contributed by atoms with Crippen molar-refractivity contribution in [3.8, 4) is 16.3 Å². The van der Waals surface area contributed by atoms with Gasteiger partial charge in [0.1, 0.15) is 16.5 Å². The highest BCUT2D eigenvalue weighted by Crippen LogP contribution is 2.31. The molecule has 0 saturated carbocycles. The summed E-state index contributed by atoms with van der Waals surface area (Å²) in [4.78, 5) is 16.4. The Hall–Kier alpha value is -2.67. The van der Waals surface area contributed by atoms with Crippen molar-refractivity contribution < 1.29 is 9.53 Å². The number of hydrogen-bond donors (Lipinski definition) is 2. The van der Waals surface area contributed by atoms with E-state index in [1.807, 2.05) is 24.3 Å². The number of rotatable bonds is 4. The minimum Gasteiger partial charge on any atom is -0.496 e. The average molecular weight is 300 g/mol. The second kappa shape index (κ2) is 5.76. The van der Waals surface area contributed by atoms with Gasteiger partial charge >= 0.3 is 0 Å². The molecular formula is C14H12N4O2S. The van der Waals surface area contributed by atoms with Crippen molar-refractivity contribution in [2.75, 3.05) is 12.4 Å². The smallest absolute Gasteiger partial charge is 0.275 e. The molecule has 106 valence electrons. The molecule has 7 heteroatoms. The van der Waals surface area contributed by atoms with Crippen molar-refractivity contribution in [2.24, 2.45) is 0 Å². The van der Waals surface area contributed by atoms with Gasteiger partial charge in [0.2, 0.25) is 0 Å². The number of methoxy groups -OCH3 is 1. The molecule has 1 amide bonds. The summed E-state index contributed by atoms with van der Waals surface area (Å²) in [5.74, 6) is 0.461. The quantitative estimate of drug-likeness (QED) is 0.776. The van der Waals surface area contributed by atoms with Gasteiger partial charge in [0, 0.05) is 11.6 Å². The van der Waals surface area contributed by atoms with Crippen molar-refractivity contribution in [1.29, 1.82) is 0 Å². The number of hydrogen-bond acceptors (Lipinski definition) is 5. The zero-order chi connectivity index (χ0) is 14.7. The first-order valence-corrected chi connectivity index (χ1v) is 7.05. The molecule has 0 aliphatic heterocycles. The summed E-state index contributed by atoms with van der Waals surface area (Å²) in [6.07, 6.45) is 3.14. The molecule has 0 aliphatic rings. The molecule has 2 N–H and O–H groups in total. The van der Waals surface area contributed by atoms with Crippen LogP contribution in [0.2, 0.25) is 0 Å². The van der Waals surface area contributed by atoms with Crippen molar-refractivity contribution in [1.82, 2.24) is 15.2 Å². The number of aromatic amines is 1. The van der Waals surface area contributed by atoms with E-state index in [0.29, 0.717) is 11.4 Å². The second-order valence-electron chi connectivity index (χ2n) is 4.18. The van der Waals surface area contributed by atoms with E-state index in [2.05, 4.69) is 20.5 Å². The van der Waals surface area contributed by atoms with Crippen LogP contribution in [0.3, 0.4) is 0 Å². The maximum Gasteiger partial charge on any atom is 0.275 e. The van der Waals surface area contributed by atoms with Crippen LogP contribution in [-0.2, 0) is 0 Å². The Morgan fingerprint density at radius 2 is 2.24 bits per heavy atom. The fraction of sp³-hybridized carbons (Fsp3) is 0.0714. The summed E-state index contributed by atoms with van der Waals surface area (Å²) < 4.78 is 5.31. The number of nitrogens with zero attached hydrogens (tertiary/aromatic N) is 2. The third kappa shape index (κ3) is 2.77. The molecule has 2 heterocycles. The molecule has 0 fully saturated rings. The fourth-order valence-electron chi connectivity index (χ4n) is 1.84. The number of H-pyrrole nitrogens is 1. The van der Waals surface area contributed by atoms with Gasteiger partial charge in [0.05, 0.1) is 24.6 Å². The highest BCUT2D eigenvalue weighted by atomic mass is 32.1. The third-order valence-electron chi connectivity index (χ3n) is 2.83. The molecule has 0 atom stereocenters. The number of anilines is 1. The van der Waals surface area contributed by atoms with Gasteiger partial charge in [-0.2, -0.15) is 5.10 Å². The molecule has 0 saturated heterocycles. The van der Waals surface area contributed by atoms with Crippen LogP contribution in [0.25, 0.3) is 10.6 Å². The Kier molecular flexibility index (Phi) is 3.65. The lowest BCUT2D eigenvalue weighted by molar-refractivity contribution is 0.102. The van der Waals surface area contributed by atoms with Crippen molar-refractivity contribution in [2.45, 2.75) is 0 Å². The largest absolute Gasteiger partial charge is 0.496 e. The average Bonchev–Trinajstić information content (AvgIpc) is 3.18. The van der Waals surface area contributed by atoms with Crippen LogP contribution in [0.4, 0.5) is 5.69 Å².